The lowest BCUT2D eigenvalue weighted by Gasteiger charge is -2.16. The van der Waals surface area contributed by atoms with Crippen molar-refractivity contribution in [2.75, 3.05) is 0 Å². The quantitative estimate of drug-likeness (QED) is 0.303. The summed E-state index contributed by atoms with van der Waals surface area (Å²) in [6, 6.07) is 0. The molecule has 0 amide bonds. The largest absolute Gasteiger partial charge is 0.299 e. The van der Waals surface area contributed by atoms with Crippen molar-refractivity contribution in [1.82, 2.24) is 0 Å². The van der Waals surface area contributed by atoms with Gasteiger partial charge in [-0.3, -0.25) is 14.4 Å². The van der Waals surface area contributed by atoms with Crippen LogP contribution in [0.3, 0.4) is 0 Å². The van der Waals surface area contributed by atoms with Crippen LogP contribution in [0.4, 0.5) is 0 Å². The third-order valence-electron chi connectivity index (χ3n) is 4.65. The highest BCUT2D eigenvalue weighted by molar-refractivity contribution is 6.37. The Bertz CT molecular complexity index is 360. The molecule has 0 heterocycles. The zero-order valence-electron chi connectivity index (χ0n) is 15.7. The van der Waals surface area contributed by atoms with Gasteiger partial charge in [0.1, 0.15) is 5.78 Å². The van der Waals surface area contributed by atoms with Gasteiger partial charge in [-0.25, -0.2) is 0 Å². The second kappa shape index (κ2) is 13.4. The van der Waals surface area contributed by atoms with Gasteiger partial charge in [-0.2, -0.15) is 0 Å². The first-order valence-electron chi connectivity index (χ1n) is 9.54. The van der Waals surface area contributed by atoms with Crippen LogP contribution in [0.5, 0.6) is 0 Å². The van der Waals surface area contributed by atoms with Gasteiger partial charge in [0, 0.05) is 25.2 Å². The summed E-state index contributed by atoms with van der Waals surface area (Å²) in [5.41, 5.74) is 0. The molecule has 0 N–H and O–H groups in total. The van der Waals surface area contributed by atoms with Gasteiger partial charge in [0.2, 0.25) is 0 Å². The average molecular weight is 325 g/mol. The number of carbonyl (C=O) groups excluding carboxylic acids is 3. The van der Waals surface area contributed by atoms with Crippen molar-refractivity contribution in [2.45, 2.75) is 98.3 Å². The number of carbonyl (C=O) groups is 3. The Hall–Kier alpha value is -0.990. The topological polar surface area (TPSA) is 51.2 Å². The van der Waals surface area contributed by atoms with Gasteiger partial charge in [-0.15, -0.1) is 0 Å². The lowest BCUT2D eigenvalue weighted by molar-refractivity contribution is -0.137. The molecule has 0 aliphatic heterocycles. The first-order valence-corrected chi connectivity index (χ1v) is 9.54. The SMILES string of the molecule is CCCCCCC(=O)C(=O)CC(CC)CC(=O)C(C)CCCC. The van der Waals surface area contributed by atoms with Crippen molar-refractivity contribution in [3.8, 4) is 0 Å². The molecule has 0 aromatic carbocycles. The normalized spacial score (nSPS) is 13.6. The molecule has 0 spiro atoms. The van der Waals surface area contributed by atoms with Crippen LogP contribution in [-0.2, 0) is 14.4 Å². The van der Waals surface area contributed by atoms with Crippen LogP contribution in [0.25, 0.3) is 0 Å². The molecule has 2 unspecified atom stereocenters. The van der Waals surface area contributed by atoms with Gasteiger partial charge in [-0.1, -0.05) is 66.2 Å². The maximum absolute atomic E-state index is 12.2. The van der Waals surface area contributed by atoms with Gasteiger partial charge in [-0.05, 0) is 18.8 Å². The van der Waals surface area contributed by atoms with E-state index in [2.05, 4.69) is 13.8 Å². The minimum atomic E-state index is -0.276. The Balaban J connectivity index is 4.22. The second-order valence-electron chi connectivity index (χ2n) is 6.85. The number of hydrogen-bond acceptors (Lipinski definition) is 3. The molecule has 0 aliphatic carbocycles. The van der Waals surface area contributed by atoms with Crippen molar-refractivity contribution in [2.24, 2.45) is 11.8 Å². The minimum absolute atomic E-state index is 0.0265. The van der Waals surface area contributed by atoms with Crippen molar-refractivity contribution in [3.05, 3.63) is 0 Å². The van der Waals surface area contributed by atoms with Crippen molar-refractivity contribution in [1.29, 1.82) is 0 Å². The van der Waals surface area contributed by atoms with Gasteiger partial charge >= 0.3 is 0 Å². The predicted octanol–water partition coefficient (Wildman–Crippen LogP) is 5.30. The molecular formula is C20H36O3. The fourth-order valence-electron chi connectivity index (χ4n) is 2.75. The van der Waals surface area contributed by atoms with Crippen molar-refractivity contribution < 1.29 is 14.4 Å². The first kappa shape index (κ1) is 22.0. The van der Waals surface area contributed by atoms with Gasteiger partial charge in [0.15, 0.2) is 11.6 Å². The monoisotopic (exact) mass is 324 g/mol. The lowest BCUT2D eigenvalue weighted by Crippen LogP contribution is -2.21. The fraction of sp³-hybridized carbons (Fsp3) is 0.850. The first-order chi connectivity index (χ1) is 11.0. The van der Waals surface area contributed by atoms with Crippen LogP contribution in [0.1, 0.15) is 98.3 Å². The smallest absolute Gasteiger partial charge is 0.198 e. The third kappa shape index (κ3) is 10.4. The van der Waals surface area contributed by atoms with E-state index in [1.165, 1.54) is 0 Å². The van der Waals surface area contributed by atoms with E-state index in [-0.39, 0.29) is 35.6 Å². The number of hydrogen-bond donors (Lipinski definition) is 0. The highest BCUT2D eigenvalue weighted by atomic mass is 16.2. The zero-order valence-corrected chi connectivity index (χ0v) is 15.7. The lowest BCUT2D eigenvalue weighted by atomic mass is 9.87. The summed E-state index contributed by atoms with van der Waals surface area (Å²) in [5, 5.41) is 0. The molecule has 0 aromatic heterocycles. The Labute approximate surface area is 142 Å². The summed E-state index contributed by atoms with van der Waals surface area (Å²) in [5.74, 6) is -0.176. The predicted molar refractivity (Wildman–Crippen MR) is 95.5 cm³/mol. The molecule has 0 aromatic rings. The van der Waals surface area contributed by atoms with Crippen LogP contribution in [0, 0.1) is 11.8 Å². The molecule has 0 saturated carbocycles. The number of rotatable bonds is 15. The molecule has 0 aliphatic rings. The van der Waals surface area contributed by atoms with E-state index in [4.69, 9.17) is 0 Å². The summed E-state index contributed by atoms with van der Waals surface area (Å²) in [7, 11) is 0. The van der Waals surface area contributed by atoms with Crippen LogP contribution in [0.2, 0.25) is 0 Å². The Kier molecular flexibility index (Phi) is 12.9. The Morgan fingerprint density at radius 3 is 2.00 bits per heavy atom. The number of ketones is 3. The molecule has 0 rings (SSSR count). The zero-order chi connectivity index (χ0) is 17.7. The highest BCUT2D eigenvalue weighted by Crippen LogP contribution is 2.20. The van der Waals surface area contributed by atoms with Crippen LogP contribution < -0.4 is 0 Å². The fourth-order valence-corrected chi connectivity index (χ4v) is 2.75. The number of unbranched alkanes of at least 4 members (excludes halogenated alkanes) is 4. The summed E-state index contributed by atoms with van der Waals surface area (Å²) in [6.07, 6.45) is 8.99. The molecule has 23 heavy (non-hydrogen) atoms. The Morgan fingerprint density at radius 1 is 0.783 bits per heavy atom. The van der Waals surface area contributed by atoms with Crippen LogP contribution in [0.15, 0.2) is 0 Å². The van der Waals surface area contributed by atoms with Crippen molar-refractivity contribution >= 4 is 17.3 Å². The van der Waals surface area contributed by atoms with E-state index < -0.39 is 0 Å². The maximum atomic E-state index is 12.2. The number of Topliss-reactive ketones (excluding diaryl/α,β-unsaturated/α-hetero) is 3. The molecule has 2 atom stereocenters. The van der Waals surface area contributed by atoms with E-state index in [0.29, 0.717) is 12.8 Å². The minimum Gasteiger partial charge on any atom is -0.299 e. The standard InChI is InChI=1S/C20H36O3/c1-5-8-10-11-13-18(21)20(23)15-17(7-3)14-19(22)16(4)12-9-6-2/h16-17H,5-15H2,1-4H3. The molecule has 134 valence electrons. The summed E-state index contributed by atoms with van der Waals surface area (Å²) < 4.78 is 0. The van der Waals surface area contributed by atoms with Crippen LogP contribution in [-0.4, -0.2) is 17.3 Å². The molecule has 0 fully saturated rings. The summed E-state index contributed by atoms with van der Waals surface area (Å²) >= 11 is 0. The molecule has 0 saturated heterocycles. The van der Waals surface area contributed by atoms with Gasteiger partial charge in [0.05, 0.1) is 0 Å². The summed E-state index contributed by atoms with van der Waals surface area (Å²) in [6.45, 7) is 8.22. The second-order valence-corrected chi connectivity index (χ2v) is 6.85. The van der Waals surface area contributed by atoms with Gasteiger partial charge in [0.25, 0.3) is 0 Å². The molecule has 0 radical (unpaired) electrons. The molecule has 0 bridgehead atoms. The maximum Gasteiger partial charge on any atom is 0.198 e. The Morgan fingerprint density at radius 2 is 1.43 bits per heavy atom. The van der Waals surface area contributed by atoms with Gasteiger partial charge < -0.3 is 0 Å². The highest BCUT2D eigenvalue weighted by Gasteiger charge is 2.22. The van der Waals surface area contributed by atoms with Crippen molar-refractivity contribution in [3.63, 3.8) is 0 Å². The van der Waals surface area contributed by atoms with E-state index in [0.717, 1.165) is 51.4 Å². The molecule has 3 heteroatoms. The van der Waals surface area contributed by atoms with E-state index in [9.17, 15) is 14.4 Å². The van der Waals surface area contributed by atoms with E-state index >= 15 is 0 Å². The van der Waals surface area contributed by atoms with E-state index in [1.807, 2.05) is 13.8 Å². The van der Waals surface area contributed by atoms with E-state index in [1.54, 1.807) is 0 Å². The third-order valence-corrected chi connectivity index (χ3v) is 4.65. The molecular weight excluding hydrogens is 288 g/mol. The molecule has 3 nitrogen and oxygen atoms in total. The van der Waals surface area contributed by atoms with Crippen LogP contribution >= 0.6 is 0 Å². The average Bonchev–Trinajstić information content (AvgIpc) is 2.55. The summed E-state index contributed by atoms with van der Waals surface area (Å²) in [4.78, 5) is 36.1.